The van der Waals surface area contributed by atoms with Gasteiger partial charge >= 0.3 is 0 Å². The molecule has 0 aliphatic carbocycles. The van der Waals surface area contributed by atoms with Gasteiger partial charge in [0.15, 0.2) is 0 Å². The van der Waals surface area contributed by atoms with Crippen LogP contribution in [0.5, 0.6) is 0 Å². The predicted molar refractivity (Wildman–Crippen MR) is 96.0 cm³/mol. The Labute approximate surface area is 130 Å². The van der Waals surface area contributed by atoms with Crippen LogP contribution in [0, 0.1) is 6.92 Å². The van der Waals surface area contributed by atoms with Gasteiger partial charge in [-0.05, 0) is 57.3 Å². The van der Waals surface area contributed by atoms with Gasteiger partial charge in [0.1, 0.15) is 0 Å². The van der Waals surface area contributed by atoms with Crippen molar-refractivity contribution in [1.29, 1.82) is 0 Å². The van der Waals surface area contributed by atoms with E-state index in [2.05, 4.69) is 67.6 Å². The first-order valence-electron chi connectivity index (χ1n) is 7.51. The van der Waals surface area contributed by atoms with E-state index in [1.165, 1.54) is 38.2 Å². The fourth-order valence-electron chi connectivity index (χ4n) is 3.34. The minimum absolute atomic E-state index is 0.798. The molecule has 0 amide bonds. The molecule has 2 N–H and O–H groups in total. The molecule has 1 nitrogen and oxygen atoms in total. The number of nitrogen functional groups attached to an aromatic ring is 1. The number of fused-ring (bicyclic) bond motifs is 3. The van der Waals surface area contributed by atoms with Crippen molar-refractivity contribution >= 4 is 27.2 Å². The zero-order valence-corrected chi connectivity index (χ0v) is 12.5. The Morgan fingerprint density at radius 3 is 1.73 bits per heavy atom. The Hall–Kier alpha value is -2.80. The lowest BCUT2D eigenvalue weighted by Gasteiger charge is -2.15. The fourth-order valence-corrected chi connectivity index (χ4v) is 3.34. The van der Waals surface area contributed by atoms with Crippen LogP contribution in [0.3, 0.4) is 0 Å². The molecule has 22 heavy (non-hydrogen) atoms. The Morgan fingerprint density at radius 2 is 1.09 bits per heavy atom. The third-order valence-corrected chi connectivity index (χ3v) is 4.39. The molecule has 0 aliphatic heterocycles. The van der Waals surface area contributed by atoms with Gasteiger partial charge in [0.25, 0.3) is 0 Å². The third kappa shape index (κ3) is 1.86. The van der Waals surface area contributed by atoms with Crippen LogP contribution in [0.15, 0.2) is 72.8 Å². The second-order valence-electron chi connectivity index (χ2n) is 5.71. The molecule has 0 saturated heterocycles. The lowest BCUT2D eigenvalue weighted by molar-refractivity contribution is 1.53. The molecule has 0 bridgehead atoms. The molecule has 0 atom stereocenters. The Bertz CT molecular complexity index is 982. The van der Waals surface area contributed by atoms with Crippen LogP contribution in [0.2, 0.25) is 0 Å². The van der Waals surface area contributed by atoms with Gasteiger partial charge in [-0.2, -0.15) is 0 Å². The van der Waals surface area contributed by atoms with Gasteiger partial charge in [0.05, 0.1) is 0 Å². The van der Waals surface area contributed by atoms with E-state index in [4.69, 9.17) is 5.73 Å². The van der Waals surface area contributed by atoms with Gasteiger partial charge in [0, 0.05) is 5.69 Å². The summed E-state index contributed by atoms with van der Waals surface area (Å²) in [6.45, 7) is 2.21. The van der Waals surface area contributed by atoms with Crippen LogP contribution in [-0.4, -0.2) is 0 Å². The first kappa shape index (κ1) is 12.9. The minimum atomic E-state index is 0.798. The zero-order valence-electron chi connectivity index (χ0n) is 12.5. The number of aryl methyl sites for hydroxylation is 1. The van der Waals surface area contributed by atoms with E-state index < -0.39 is 0 Å². The molecule has 1 heteroatoms. The zero-order chi connectivity index (χ0) is 15.1. The predicted octanol–water partition coefficient (Wildman–Crippen LogP) is 5.55. The van der Waals surface area contributed by atoms with Crippen LogP contribution in [0.4, 0.5) is 5.69 Å². The normalized spacial score (nSPS) is 11.1. The summed E-state index contributed by atoms with van der Waals surface area (Å²) in [6.07, 6.45) is 0. The number of anilines is 1. The molecule has 0 heterocycles. The topological polar surface area (TPSA) is 26.0 Å². The molecule has 4 aromatic rings. The van der Waals surface area contributed by atoms with Crippen molar-refractivity contribution in [2.75, 3.05) is 5.73 Å². The van der Waals surface area contributed by atoms with Gasteiger partial charge in [-0.25, -0.2) is 0 Å². The molecule has 0 fully saturated rings. The standard InChI is InChI=1S/C21H17N/c1-14-17-6-2-3-7-18(17)19-8-4-5-9-20(19)21(14)15-10-12-16(22)13-11-15/h2-13H,22H2,1H3. The summed E-state index contributed by atoms with van der Waals surface area (Å²) in [5, 5.41) is 5.22. The lowest BCUT2D eigenvalue weighted by atomic mass is 9.89. The van der Waals surface area contributed by atoms with Crippen molar-refractivity contribution in [2.24, 2.45) is 0 Å². The van der Waals surface area contributed by atoms with E-state index in [1.807, 2.05) is 12.1 Å². The van der Waals surface area contributed by atoms with E-state index in [0.717, 1.165) is 5.69 Å². The number of hydrogen-bond donors (Lipinski definition) is 1. The summed E-state index contributed by atoms with van der Waals surface area (Å²) in [6, 6.07) is 25.4. The SMILES string of the molecule is Cc1c(-c2ccc(N)cc2)c2ccccc2c2ccccc12. The quantitative estimate of drug-likeness (QED) is 0.359. The maximum Gasteiger partial charge on any atom is 0.0314 e. The molecule has 4 rings (SSSR count). The largest absolute Gasteiger partial charge is 0.399 e. The number of hydrogen-bond acceptors (Lipinski definition) is 1. The van der Waals surface area contributed by atoms with E-state index in [1.54, 1.807) is 0 Å². The summed E-state index contributed by atoms with van der Waals surface area (Å²) >= 11 is 0. The van der Waals surface area contributed by atoms with Crippen molar-refractivity contribution in [3.05, 3.63) is 78.4 Å². The summed E-state index contributed by atoms with van der Waals surface area (Å²) in [4.78, 5) is 0. The first-order chi connectivity index (χ1) is 10.8. The molecular formula is C21H17N. The molecule has 4 aromatic carbocycles. The Balaban J connectivity index is 2.20. The molecular weight excluding hydrogens is 266 g/mol. The monoisotopic (exact) mass is 283 g/mol. The smallest absolute Gasteiger partial charge is 0.0314 e. The van der Waals surface area contributed by atoms with Crippen LogP contribution in [0.1, 0.15) is 5.56 Å². The Kier molecular flexibility index (Phi) is 2.87. The van der Waals surface area contributed by atoms with Crippen LogP contribution in [-0.2, 0) is 0 Å². The summed E-state index contributed by atoms with van der Waals surface area (Å²) in [5.74, 6) is 0. The van der Waals surface area contributed by atoms with Crippen molar-refractivity contribution in [2.45, 2.75) is 6.92 Å². The van der Waals surface area contributed by atoms with Crippen LogP contribution < -0.4 is 5.73 Å². The molecule has 0 unspecified atom stereocenters. The van der Waals surface area contributed by atoms with Gasteiger partial charge in [-0.1, -0.05) is 60.7 Å². The molecule has 0 radical (unpaired) electrons. The average Bonchev–Trinajstić information content (AvgIpc) is 2.57. The minimum Gasteiger partial charge on any atom is -0.399 e. The van der Waals surface area contributed by atoms with Gasteiger partial charge in [0.2, 0.25) is 0 Å². The maximum atomic E-state index is 5.85. The summed E-state index contributed by atoms with van der Waals surface area (Å²) in [7, 11) is 0. The number of benzene rings is 4. The number of rotatable bonds is 1. The molecule has 0 aliphatic rings. The molecule has 106 valence electrons. The van der Waals surface area contributed by atoms with Crippen molar-refractivity contribution in [3.8, 4) is 11.1 Å². The van der Waals surface area contributed by atoms with E-state index >= 15 is 0 Å². The maximum absolute atomic E-state index is 5.85. The van der Waals surface area contributed by atoms with E-state index in [0.29, 0.717) is 0 Å². The number of nitrogens with two attached hydrogens (primary N) is 1. The van der Waals surface area contributed by atoms with Gasteiger partial charge in [-0.3, -0.25) is 0 Å². The molecule has 0 aromatic heterocycles. The molecule has 0 spiro atoms. The Morgan fingerprint density at radius 1 is 0.591 bits per heavy atom. The highest BCUT2D eigenvalue weighted by Gasteiger charge is 2.12. The first-order valence-corrected chi connectivity index (χ1v) is 7.51. The van der Waals surface area contributed by atoms with E-state index in [-0.39, 0.29) is 0 Å². The molecule has 0 saturated carbocycles. The summed E-state index contributed by atoms with van der Waals surface area (Å²) < 4.78 is 0. The average molecular weight is 283 g/mol. The highest BCUT2D eigenvalue weighted by Crippen LogP contribution is 2.38. The van der Waals surface area contributed by atoms with Crippen LogP contribution in [0.25, 0.3) is 32.7 Å². The van der Waals surface area contributed by atoms with E-state index in [9.17, 15) is 0 Å². The fraction of sp³-hybridized carbons (Fsp3) is 0.0476. The van der Waals surface area contributed by atoms with Gasteiger partial charge in [-0.15, -0.1) is 0 Å². The third-order valence-electron chi connectivity index (χ3n) is 4.39. The summed E-state index contributed by atoms with van der Waals surface area (Å²) in [5.41, 5.74) is 10.5. The van der Waals surface area contributed by atoms with Crippen LogP contribution >= 0.6 is 0 Å². The van der Waals surface area contributed by atoms with Crippen molar-refractivity contribution in [3.63, 3.8) is 0 Å². The highest BCUT2D eigenvalue weighted by molar-refractivity contribution is 6.15. The second kappa shape index (κ2) is 4.88. The lowest BCUT2D eigenvalue weighted by Crippen LogP contribution is -1.90. The van der Waals surface area contributed by atoms with Crippen molar-refractivity contribution in [1.82, 2.24) is 0 Å². The highest BCUT2D eigenvalue weighted by atomic mass is 14.5. The van der Waals surface area contributed by atoms with Crippen molar-refractivity contribution < 1.29 is 0 Å². The van der Waals surface area contributed by atoms with Gasteiger partial charge < -0.3 is 5.73 Å². The second-order valence-corrected chi connectivity index (χ2v) is 5.71.